The van der Waals surface area contributed by atoms with Gasteiger partial charge in [-0.2, -0.15) is 0 Å². The monoisotopic (exact) mass is 525 g/mol. The Hall–Kier alpha value is -4.46. The van der Waals surface area contributed by atoms with E-state index in [9.17, 15) is 0 Å². The van der Waals surface area contributed by atoms with Gasteiger partial charge in [-0.25, -0.2) is 0 Å². The highest BCUT2D eigenvalue weighted by Gasteiger charge is 2.20. The molecule has 0 N–H and O–H groups in total. The lowest BCUT2D eigenvalue weighted by molar-refractivity contribution is 0.629. The summed E-state index contributed by atoms with van der Waals surface area (Å²) in [4.78, 5) is 0. The Labute approximate surface area is 228 Å². The molecule has 0 fully saturated rings. The van der Waals surface area contributed by atoms with Crippen molar-refractivity contribution in [2.24, 2.45) is 0 Å². The molecular formula is C35H28NO2P. The largest absolute Gasteiger partial charge is 0.403 e. The molecule has 4 heteroatoms. The van der Waals surface area contributed by atoms with Crippen LogP contribution < -0.4 is 4.67 Å². The molecule has 1 aromatic heterocycles. The molecule has 7 aromatic rings. The van der Waals surface area contributed by atoms with E-state index in [1.807, 2.05) is 6.07 Å². The van der Waals surface area contributed by atoms with Crippen molar-refractivity contribution in [3.05, 3.63) is 138 Å². The Bertz CT molecular complexity index is 1910. The Kier molecular flexibility index (Phi) is 5.87. The van der Waals surface area contributed by atoms with Gasteiger partial charge in [0.25, 0.3) is 0 Å². The number of hydrogen-bond donors (Lipinski definition) is 0. The van der Waals surface area contributed by atoms with Gasteiger partial charge in [0, 0.05) is 16.5 Å². The van der Waals surface area contributed by atoms with Crippen LogP contribution in [0.4, 0.5) is 5.69 Å². The number of nitrogens with zero attached hydrogens (tertiary/aromatic N) is 1. The van der Waals surface area contributed by atoms with Gasteiger partial charge in [-0.3, -0.25) is 4.67 Å². The van der Waals surface area contributed by atoms with E-state index in [1.54, 1.807) is 0 Å². The lowest BCUT2D eigenvalue weighted by atomic mass is 9.95. The number of anilines is 1. The van der Waals surface area contributed by atoms with E-state index in [2.05, 4.69) is 134 Å². The molecule has 190 valence electrons. The molecule has 0 radical (unpaired) electrons. The van der Waals surface area contributed by atoms with Crippen LogP contribution in [0.15, 0.2) is 130 Å². The molecule has 39 heavy (non-hydrogen) atoms. The van der Waals surface area contributed by atoms with Crippen molar-refractivity contribution >= 4 is 57.3 Å². The van der Waals surface area contributed by atoms with Crippen molar-refractivity contribution in [3.63, 3.8) is 0 Å². The van der Waals surface area contributed by atoms with Crippen molar-refractivity contribution in [2.45, 2.75) is 20.4 Å². The van der Waals surface area contributed by atoms with Gasteiger partial charge in [0.15, 0.2) is 0 Å². The second-order valence-electron chi connectivity index (χ2n) is 10.0. The van der Waals surface area contributed by atoms with Crippen LogP contribution in [0.2, 0.25) is 0 Å². The van der Waals surface area contributed by atoms with Crippen molar-refractivity contribution in [1.29, 1.82) is 0 Å². The number of rotatable bonds is 4. The second-order valence-corrected chi connectivity index (χ2v) is 11.4. The maximum Gasteiger partial charge on any atom is 0.342 e. The average molecular weight is 526 g/mol. The van der Waals surface area contributed by atoms with E-state index in [4.69, 9.17) is 8.39 Å². The highest BCUT2D eigenvalue weighted by Crippen LogP contribution is 2.46. The first-order chi connectivity index (χ1) is 19.2. The summed E-state index contributed by atoms with van der Waals surface area (Å²) in [6.07, 6.45) is 0. The first-order valence-corrected chi connectivity index (χ1v) is 14.4. The molecule has 0 unspecified atom stereocenters. The number of benzene rings is 6. The van der Waals surface area contributed by atoms with Crippen LogP contribution in [-0.4, -0.2) is 0 Å². The molecule has 0 amide bonds. The zero-order chi connectivity index (χ0) is 26.3. The van der Waals surface area contributed by atoms with Crippen LogP contribution in [0, 0.1) is 13.8 Å². The first-order valence-electron chi connectivity index (χ1n) is 13.2. The van der Waals surface area contributed by atoms with Gasteiger partial charge in [0.2, 0.25) is 0 Å². The fraction of sp³-hybridized carbons (Fsp3) is 0.0857. The molecule has 1 heterocycles. The average Bonchev–Trinajstić information content (AvgIpc) is 3.16. The summed E-state index contributed by atoms with van der Waals surface area (Å²) in [7, 11) is -1.54. The number of fused-ring (bicyclic) bond motifs is 7. The summed E-state index contributed by atoms with van der Waals surface area (Å²) in [5.41, 5.74) is 6.25. The smallest absolute Gasteiger partial charge is 0.342 e. The van der Waals surface area contributed by atoms with E-state index in [1.165, 1.54) is 27.1 Å². The number of hydrogen-bond acceptors (Lipinski definition) is 3. The second kappa shape index (κ2) is 9.69. The normalized spacial score (nSPS) is 11.4. The molecule has 3 nitrogen and oxygen atoms in total. The van der Waals surface area contributed by atoms with Crippen molar-refractivity contribution < 1.29 is 8.39 Å². The van der Waals surface area contributed by atoms with E-state index >= 15 is 0 Å². The number of aryl methyl sites for hydroxylation is 2. The maximum absolute atomic E-state index is 7.04. The van der Waals surface area contributed by atoms with E-state index in [0.29, 0.717) is 6.54 Å². The molecule has 7 rings (SSSR count). The van der Waals surface area contributed by atoms with Crippen LogP contribution in [0.1, 0.15) is 16.7 Å². The van der Waals surface area contributed by atoms with E-state index in [0.717, 1.165) is 38.8 Å². The van der Waals surface area contributed by atoms with E-state index < -0.39 is 8.16 Å². The molecule has 0 saturated heterocycles. The van der Waals surface area contributed by atoms with Gasteiger partial charge in [-0.05, 0) is 76.3 Å². The van der Waals surface area contributed by atoms with Crippen molar-refractivity contribution in [3.8, 4) is 0 Å². The lowest BCUT2D eigenvalue weighted by Crippen LogP contribution is -2.12. The zero-order valence-electron chi connectivity index (χ0n) is 22.0. The van der Waals surface area contributed by atoms with Gasteiger partial charge >= 0.3 is 8.16 Å². The Balaban J connectivity index is 1.67. The molecule has 0 aliphatic heterocycles. The summed E-state index contributed by atoms with van der Waals surface area (Å²) < 4.78 is 16.3. The van der Waals surface area contributed by atoms with Crippen LogP contribution in [0.25, 0.3) is 43.5 Å². The minimum absolute atomic E-state index is 0.667. The fourth-order valence-electron chi connectivity index (χ4n) is 5.54. The van der Waals surface area contributed by atoms with Crippen LogP contribution in [0.3, 0.4) is 0 Å². The van der Waals surface area contributed by atoms with Gasteiger partial charge in [0.05, 0.1) is 6.54 Å². The summed E-state index contributed by atoms with van der Waals surface area (Å²) in [6.45, 7) is 4.96. The topological polar surface area (TPSA) is 29.5 Å². The van der Waals surface area contributed by atoms with E-state index in [-0.39, 0.29) is 0 Å². The molecule has 0 aliphatic carbocycles. The van der Waals surface area contributed by atoms with Crippen LogP contribution >= 0.6 is 8.16 Å². The first kappa shape index (κ1) is 23.6. The zero-order valence-corrected chi connectivity index (χ0v) is 22.9. The van der Waals surface area contributed by atoms with Crippen LogP contribution in [-0.2, 0) is 6.54 Å². The third kappa shape index (κ3) is 4.16. The van der Waals surface area contributed by atoms with Crippen LogP contribution in [0.5, 0.6) is 0 Å². The van der Waals surface area contributed by atoms with Gasteiger partial charge in [-0.1, -0.05) is 97.1 Å². The molecule has 0 bridgehead atoms. The molecule has 0 atom stereocenters. The SMILES string of the molecule is Cc1cc2ccccc2c2c1op(N(Cc1ccccc1)c1ccccc1)oc1c(C)cc3ccccc3c12. The molecule has 0 spiro atoms. The fourth-order valence-corrected chi connectivity index (χ4v) is 7.16. The lowest BCUT2D eigenvalue weighted by Gasteiger charge is -2.21. The molecule has 0 saturated carbocycles. The minimum atomic E-state index is -1.54. The number of para-hydroxylation sites is 1. The summed E-state index contributed by atoms with van der Waals surface area (Å²) >= 11 is 0. The Morgan fingerprint density at radius 1 is 0.564 bits per heavy atom. The molecule has 6 aromatic carbocycles. The highest BCUT2D eigenvalue weighted by molar-refractivity contribution is 7.39. The predicted molar refractivity (Wildman–Crippen MR) is 165 cm³/mol. The standard InChI is InChI=1S/C35H28NO2P/c1-24-21-27-15-9-11-19-30(27)32-33-31-20-12-10-16-28(31)22-25(2)35(33)38-39(37-34(24)32)36(29-17-7-4-8-18-29)23-26-13-5-3-6-14-26/h3-22H,23H2,1-2H3. The highest BCUT2D eigenvalue weighted by atomic mass is 31.1. The third-order valence-corrected chi connectivity index (χ3v) is 8.83. The Morgan fingerprint density at radius 3 is 1.56 bits per heavy atom. The van der Waals surface area contributed by atoms with Crippen molar-refractivity contribution in [2.75, 3.05) is 4.67 Å². The quantitative estimate of drug-likeness (QED) is 0.229. The van der Waals surface area contributed by atoms with Crippen molar-refractivity contribution in [1.82, 2.24) is 0 Å². The molecule has 0 aliphatic rings. The van der Waals surface area contributed by atoms with Gasteiger partial charge < -0.3 is 8.39 Å². The predicted octanol–water partition coefficient (Wildman–Crippen LogP) is 10.7. The third-order valence-electron chi connectivity index (χ3n) is 7.39. The summed E-state index contributed by atoms with van der Waals surface area (Å²) in [6, 6.07) is 42.6. The van der Waals surface area contributed by atoms with Gasteiger partial charge in [0.1, 0.15) is 11.2 Å². The Morgan fingerprint density at radius 2 is 1.03 bits per heavy atom. The summed E-state index contributed by atoms with van der Waals surface area (Å²) in [5, 5.41) is 6.96. The molecular weight excluding hydrogens is 497 g/mol. The summed E-state index contributed by atoms with van der Waals surface area (Å²) in [5.74, 6) is 0. The maximum atomic E-state index is 7.04. The minimum Gasteiger partial charge on any atom is -0.403 e. The van der Waals surface area contributed by atoms with Gasteiger partial charge in [-0.15, -0.1) is 0 Å².